The van der Waals surface area contributed by atoms with Crippen LogP contribution in [0.1, 0.15) is 0 Å². The van der Waals surface area contributed by atoms with Crippen LogP contribution in [0.25, 0.3) is 0 Å². The Labute approximate surface area is 213 Å². The highest BCUT2D eigenvalue weighted by molar-refractivity contribution is 7.03. The van der Waals surface area contributed by atoms with E-state index in [1.54, 1.807) is 0 Å². The first-order valence-corrected chi connectivity index (χ1v) is 25.4. The summed E-state index contributed by atoms with van der Waals surface area (Å²) in [5.74, 6) is 0. The zero-order chi connectivity index (χ0) is 25.0. The summed E-state index contributed by atoms with van der Waals surface area (Å²) in [5, 5.41) is 5.01. The van der Waals surface area contributed by atoms with Gasteiger partial charge in [-0.15, -0.1) is 0 Å². The van der Waals surface area contributed by atoms with E-state index in [9.17, 15) is 0 Å². The van der Waals surface area contributed by atoms with Crippen molar-refractivity contribution in [3.05, 3.63) is 84.9 Å². The molecular weight excluding hydrogens is 501 g/mol. The van der Waals surface area contributed by atoms with Crippen molar-refractivity contribution in [3.8, 4) is 0 Å². The number of benzene rings is 3. The molecule has 0 spiro atoms. The van der Waals surface area contributed by atoms with Gasteiger partial charge in [-0.05, 0) is 73.1 Å². The van der Waals surface area contributed by atoms with Crippen molar-refractivity contribution in [1.82, 2.24) is 0 Å². The summed E-state index contributed by atoms with van der Waals surface area (Å²) in [6.45, 7) is 18.2. The van der Waals surface area contributed by atoms with Crippen LogP contribution in [-0.2, 0) is 12.3 Å². The van der Waals surface area contributed by atoms with E-state index in [1.807, 2.05) is 0 Å². The molecule has 3 nitrogen and oxygen atoms in total. The second kappa shape index (κ2) is 11.1. The highest BCUT2D eigenvalue weighted by Crippen LogP contribution is 2.19. The summed E-state index contributed by atoms with van der Waals surface area (Å²) in [5.41, 5.74) is 0. The Hall–Kier alpha value is -1.38. The van der Waals surface area contributed by atoms with E-state index in [1.165, 1.54) is 20.7 Å². The van der Waals surface area contributed by atoms with Gasteiger partial charge in [0.05, 0.1) is 0 Å². The monoisotopic (exact) mass is 540 g/mol. The molecule has 0 bridgehead atoms. The van der Waals surface area contributed by atoms with Gasteiger partial charge in [0, 0.05) is 0 Å². The van der Waals surface area contributed by atoms with Crippen LogP contribution in [0.2, 0.25) is 52.4 Å². The Kier molecular flexibility index (Phi) is 8.91. The average molecular weight is 541 g/mol. The molecule has 0 fully saturated rings. The lowest BCUT2D eigenvalue weighted by Crippen LogP contribution is -2.70. The van der Waals surface area contributed by atoms with E-state index in [0.717, 1.165) is 0 Å². The summed E-state index contributed by atoms with van der Waals surface area (Å²) in [4.78, 5) is 0. The second-order valence-electron chi connectivity index (χ2n) is 10.4. The van der Waals surface area contributed by atoms with Crippen LogP contribution in [0, 0.1) is 0 Å². The molecule has 0 aromatic heterocycles. The van der Waals surface area contributed by atoms with Gasteiger partial charge in [0.1, 0.15) is 0 Å². The largest absolute Gasteiger partial charge is 0.455 e. The first-order valence-electron chi connectivity index (χ1n) is 12.2. The molecule has 3 rings (SSSR count). The predicted octanol–water partition coefficient (Wildman–Crippen LogP) is 3.78. The SMILES string of the molecule is C[SiH](C)O[Si](C)(C)c1ccc([Si](C)(C)O[Si](O[SiH](C)C)(c2ccccc2)c2ccccc2)cc1. The number of hydrogen-bond acceptors (Lipinski definition) is 3. The van der Waals surface area contributed by atoms with Crippen molar-refractivity contribution in [1.29, 1.82) is 0 Å². The second-order valence-corrected chi connectivity index (χ2v) is 26.9. The lowest BCUT2D eigenvalue weighted by atomic mass is 10.4. The van der Waals surface area contributed by atoms with Crippen molar-refractivity contribution in [2.75, 3.05) is 0 Å². The van der Waals surface area contributed by atoms with Gasteiger partial charge in [0.15, 0.2) is 18.1 Å². The molecule has 0 N–H and O–H groups in total. The molecule has 0 amide bonds. The van der Waals surface area contributed by atoms with Crippen molar-refractivity contribution >= 4 is 64.0 Å². The van der Waals surface area contributed by atoms with Gasteiger partial charge in [-0.3, -0.25) is 0 Å². The van der Waals surface area contributed by atoms with Gasteiger partial charge < -0.3 is 12.3 Å². The fourth-order valence-corrected chi connectivity index (χ4v) is 21.9. The first-order chi connectivity index (χ1) is 16.0. The molecule has 0 saturated heterocycles. The van der Waals surface area contributed by atoms with E-state index in [-0.39, 0.29) is 0 Å². The zero-order valence-electron chi connectivity index (χ0n) is 22.0. The summed E-state index contributed by atoms with van der Waals surface area (Å²) in [6.07, 6.45) is 0. The Morgan fingerprint density at radius 3 is 1.24 bits per heavy atom. The Bertz CT molecular complexity index is 1000. The number of hydrogen-bond donors (Lipinski definition) is 0. The standard InChI is InChI=1S/C26H40O3Si5/c1-30(2)27-32(5,6)23-19-21-24(22-20-23)33(7,8)29-34(28-31(3)4,25-15-11-9-12-16-25)26-17-13-10-14-18-26/h9-22,30-31H,1-8H3. The van der Waals surface area contributed by atoms with Crippen LogP contribution in [-0.4, -0.2) is 43.3 Å². The van der Waals surface area contributed by atoms with Crippen LogP contribution in [0.5, 0.6) is 0 Å². The molecule has 182 valence electrons. The molecule has 8 heteroatoms. The fraction of sp³-hybridized carbons (Fsp3) is 0.308. The van der Waals surface area contributed by atoms with E-state index in [2.05, 4.69) is 137 Å². The lowest BCUT2D eigenvalue weighted by molar-refractivity contribution is 0.426. The molecular formula is C26H40O3Si5. The van der Waals surface area contributed by atoms with Crippen LogP contribution in [0.15, 0.2) is 84.9 Å². The van der Waals surface area contributed by atoms with Crippen molar-refractivity contribution in [2.24, 2.45) is 0 Å². The highest BCUT2D eigenvalue weighted by atomic mass is 28.5. The quantitative estimate of drug-likeness (QED) is 0.366. The smallest absolute Gasteiger partial charge is 0.386 e. The van der Waals surface area contributed by atoms with Gasteiger partial charge in [-0.25, -0.2) is 0 Å². The molecule has 0 aliphatic heterocycles. The predicted molar refractivity (Wildman–Crippen MR) is 160 cm³/mol. The van der Waals surface area contributed by atoms with E-state index in [0.29, 0.717) is 0 Å². The molecule has 0 unspecified atom stereocenters. The topological polar surface area (TPSA) is 27.7 Å². The van der Waals surface area contributed by atoms with Crippen LogP contribution in [0.4, 0.5) is 0 Å². The van der Waals surface area contributed by atoms with Crippen molar-refractivity contribution in [3.63, 3.8) is 0 Å². The van der Waals surface area contributed by atoms with Crippen LogP contribution >= 0.6 is 0 Å². The zero-order valence-corrected chi connectivity index (χ0v) is 27.3. The van der Waals surface area contributed by atoms with Crippen LogP contribution < -0.4 is 20.7 Å². The molecule has 0 radical (unpaired) electrons. The molecule has 0 aliphatic rings. The van der Waals surface area contributed by atoms with Gasteiger partial charge >= 0.3 is 8.56 Å². The summed E-state index contributed by atoms with van der Waals surface area (Å²) >= 11 is 0. The van der Waals surface area contributed by atoms with E-state index >= 15 is 0 Å². The highest BCUT2D eigenvalue weighted by Gasteiger charge is 2.48. The fourth-order valence-electron chi connectivity index (χ4n) is 4.44. The van der Waals surface area contributed by atoms with E-state index < -0.39 is 43.3 Å². The molecule has 3 aromatic rings. The third kappa shape index (κ3) is 6.44. The summed E-state index contributed by atoms with van der Waals surface area (Å²) in [7, 11) is -9.58. The number of rotatable bonds is 10. The molecule has 0 atom stereocenters. The third-order valence-electron chi connectivity index (χ3n) is 5.91. The van der Waals surface area contributed by atoms with Crippen LogP contribution in [0.3, 0.4) is 0 Å². The molecule has 34 heavy (non-hydrogen) atoms. The van der Waals surface area contributed by atoms with Gasteiger partial charge in [-0.2, -0.15) is 0 Å². The maximum Gasteiger partial charge on any atom is 0.386 e. The Balaban J connectivity index is 2.05. The minimum Gasteiger partial charge on any atom is -0.455 e. The van der Waals surface area contributed by atoms with E-state index in [4.69, 9.17) is 12.3 Å². The first kappa shape index (κ1) is 27.2. The lowest BCUT2D eigenvalue weighted by Gasteiger charge is -2.40. The Morgan fingerprint density at radius 1 is 0.471 bits per heavy atom. The summed E-state index contributed by atoms with van der Waals surface area (Å²) in [6, 6.07) is 30.4. The molecule has 0 heterocycles. The maximum absolute atomic E-state index is 7.36. The Morgan fingerprint density at radius 2 is 0.853 bits per heavy atom. The normalized spacial score (nSPS) is 13.0. The average Bonchev–Trinajstić information content (AvgIpc) is 2.78. The van der Waals surface area contributed by atoms with Crippen molar-refractivity contribution in [2.45, 2.75) is 52.4 Å². The third-order valence-corrected chi connectivity index (χ3v) is 22.2. The van der Waals surface area contributed by atoms with Gasteiger partial charge in [0.2, 0.25) is 16.6 Å². The minimum absolute atomic E-state index is 1.09. The maximum atomic E-state index is 7.36. The van der Waals surface area contributed by atoms with Crippen molar-refractivity contribution < 1.29 is 12.3 Å². The molecule has 3 aromatic carbocycles. The van der Waals surface area contributed by atoms with Gasteiger partial charge in [0.25, 0.3) is 0 Å². The molecule has 0 aliphatic carbocycles. The molecule has 0 saturated carbocycles. The minimum atomic E-state index is -2.89. The summed E-state index contributed by atoms with van der Waals surface area (Å²) < 4.78 is 20.8. The van der Waals surface area contributed by atoms with Gasteiger partial charge in [-0.1, -0.05) is 84.9 Å².